The molecule has 1 aromatic carbocycles. The molecule has 1 aliphatic rings. The molecule has 4 aromatic rings. The highest BCUT2D eigenvalue weighted by molar-refractivity contribution is 5.84. The van der Waals surface area contributed by atoms with Gasteiger partial charge in [-0.1, -0.05) is 0 Å². The number of imidazole rings is 1. The Bertz CT molecular complexity index is 1260. The average molecular weight is 362 g/mol. The fourth-order valence-corrected chi connectivity index (χ4v) is 3.56. The number of aromatic amines is 1. The summed E-state index contributed by atoms with van der Waals surface area (Å²) in [5.41, 5.74) is 2.82. The highest BCUT2D eigenvalue weighted by atomic mass is 16.4. The van der Waals surface area contributed by atoms with Crippen LogP contribution in [0.25, 0.3) is 27.9 Å². The molecule has 0 atom stereocenters. The predicted octanol–water partition coefficient (Wildman–Crippen LogP) is 1.81. The van der Waals surface area contributed by atoms with Crippen molar-refractivity contribution in [2.24, 2.45) is 0 Å². The van der Waals surface area contributed by atoms with Gasteiger partial charge in [0.05, 0.1) is 11.3 Å². The van der Waals surface area contributed by atoms with Crippen LogP contribution in [0.1, 0.15) is 0 Å². The van der Waals surface area contributed by atoms with Crippen LogP contribution >= 0.6 is 0 Å². The molecule has 0 unspecified atom stereocenters. The number of H-pyrrole nitrogens is 1. The van der Waals surface area contributed by atoms with Crippen molar-refractivity contribution in [3.05, 3.63) is 69.4 Å². The van der Waals surface area contributed by atoms with Crippen molar-refractivity contribution in [1.82, 2.24) is 14.7 Å². The van der Waals surface area contributed by atoms with Gasteiger partial charge in [-0.25, -0.2) is 4.79 Å². The Balaban J connectivity index is 1.59. The lowest BCUT2D eigenvalue weighted by atomic mass is 10.1. The second-order valence-corrected chi connectivity index (χ2v) is 6.73. The van der Waals surface area contributed by atoms with E-state index in [2.05, 4.69) is 21.3 Å². The number of rotatable bonds is 2. The second kappa shape index (κ2) is 6.14. The number of pyridine rings is 1. The minimum Gasteiger partial charge on any atom is -0.422 e. The molecule has 7 heteroatoms. The van der Waals surface area contributed by atoms with E-state index in [1.165, 1.54) is 12.1 Å². The number of benzene rings is 1. The largest absolute Gasteiger partial charge is 0.422 e. The topological polar surface area (TPSA) is 82.8 Å². The summed E-state index contributed by atoms with van der Waals surface area (Å²) >= 11 is 0. The maximum absolute atomic E-state index is 12.6. The van der Waals surface area contributed by atoms with Crippen LogP contribution in [0, 0.1) is 0 Å². The summed E-state index contributed by atoms with van der Waals surface area (Å²) in [5, 5.41) is 4.19. The van der Waals surface area contributed by atoms with Crippen LogP contribution in [0.3, 0.4) is 0 Å². The molecule has 5 rings (SSSR count). The third-order valence-corrected chi connectivity index (χ3v) is 4.98. The van der Waals surface area contributed by atoms with E-state index in [9.17, 15) is 9.59 Å². The van der Waals surface area contributed by atoms with Gasteiger partial charge in [-0.05, 0) is 18.2 Å². The van der Waals surface area contributed by atoms with Crippen molar-refractivity contribution >= 4 is 22.3 Å². The van der Waals surface area contributed by atoms with Gasteiger partial charge in [0.25, 0.3) is 0 Å². The molecule has 0 aliphatic carbocycles. The number of hydrogen-bond acceptors (Lipinski definition) is 5. The van der Waals surface area contributed by atoms with Crippen LogP contribution in [-0.2, 0) is 0 Å². The Labute approximate surface area is 153 Å². The van der Waals surface area contributed by atoms with Crippen LogP contribution in [0.15, 0.2) is 62.8 Å². The van der Waals surface area contributed by atoms with Crippen LogP contribution in [0.5, 0.6) is 0 Å². The lowest BCUT2D eigenvalue weighted by molar-refractivity contribution is 0.561. The molecule has 0 radical (unpaired) electrons. The molecule has 0 saturated carbocycles. The van der Waals surface area contributed by atoms with E-state index in [1.807, 2.05) is 18.2 Å². The number of nitrogens with one attached hydrogen (secondary N) is 2. The zero-order valence-electron chi connectivity index (χ0n) is 14.6. The van der Waals surface area contributed by atoms with E-state index in [4.69, 9.17) is 4.42 Å². The van der Waals surface area contributed by atoms with Gasteiger partial charge in [-0.3, -0.25) is 4.79 Å². The molecule has 0 bridgehead atoms. The SMILES string of the molecule is O=c1ccn2cc(-c3cc4ccc(N5CCNCC5)cc4oc3=O)[nH]c2c1. The molecule has 3 aromatic heterocycles. The lowest BCUT2D eigenvalue weighted by Gasteiger charge is -2.29. The minimum atomic E-state index is -0.408. The zero-order chi connectivity index (χ0) is 18.4. The molecule has 136 valence electrons. The summed E-state index contributed by atoms with van der Waals surface area (Å²) in [7, 11) is 0. The van der Waals surface area contributed by atoms with Gasteiger partial charge >= 0.3 is 5.63 Å². The summed E-state index contributed by atoms with van der Waals surface area (Å²) in [6, 6.07) is 10.8. The molecule has 4 heterocycles. The highest BCUT2D eigenvalue weighted by Gasteiger charge is 2.14. The fourth-order valence-electron chi connectivity index (χ4n) is 3.56. The molecule has 27 heavy (non-hydrogen) atoms. The van der Waals surface area contributed by atoms with Crippen molar-refractivity contribution in [3.8, 4) is 11.3 Å². The van der Waals surface area contributed by atoms with Crippen molar-refractivity contribution in [1.29, 1.82) is 0 Å². The standard InChI is InChI=1S/C20H18N4O3/c25-15-3-6-24-12-17(22-19(24)11-15)16-9-13-1-2-14(10-18(13)27-20(16)26)23-7-4-21-5-8-23/h1-3,6,9-12,21-22H,4-5,7-8H2. The lowest BCUT2D eigenvalue weighted by Crippen LogP contribution is -2.43. The van der Waals surface area contributed by atoms with Gasteiger partial charge in [0, 0.05) is 67.8 Å². The normalized spacial score (nSPS) is 14.9. The smallest absolute Gasteiger partial charge is 0.345 e. The Morgan fingerprint density at radius 1 is 1.00 bits per heavy atom. The highest BCUT2D eigenvalue weighted by Crippen LogP contribution is 2.25. The van der Waals surface area contributed by atoms with Crippen LogP contribution in [0.2, 0.25) is 0 Å². The summed E-state index contributed by atoms with van der Waals surface area (Å²) in [6.45, 7) is 3.76. The minimum absolute atomic E-state index is 0.0885. The van der Waals surface area contributed by atoms with Gasteiger partial charge in [-0.2, -0.15) is 0 Å². The van der Waals surface area contributed by atoms with Crippen molar-refractivity contribution < 1.29 is 4.42 Å². The molecule has 1 saturated heterocycles. The third-order valence-electron chi connectivity index (χ3n) is 4.98. The first-order chi connectivity index (χ1) is 13.2. The number of piperazine rings is 1. The Morgan fingerprint density at radius 2 is 1.85 bits per heavy atom. The van der Waals surface area contributed by atoms with E-state index in [0.29, 0.717) is 22.5 Å². The first-order valence-corrected chi connectivity index (χ1v) is 8.92. The Hall–Kier alpha value is -3.32. The summed E-state index contributed by atoms with van der Waals surface area (Å²) < 4.78 is 7.38. The van der Waals surface area contributed by atoms with Crippen LogP contribution < -0.4 is 21.3 Å². The first-order valence-electron chi connectivity index (χ1n) is 8.92. The van der Waals surface area contributed by atoms with Crippen molar-refractivity contribution in [2.45, 2.75) is 0 Å². The molecule has 0 spiro atoms. The molecule has 2 N–H and O–H groups in total. The monoisotopic (exact) mass is 362 g/mol. The van der Waals surface area contributed by atoms with Gasteiger partial charge < -0.3 is 24.0 Å². The Morgan fingerprint density at radius 3 is 2.70 bits per heavy atom. The van der Waals surface area contributed by atoms with Gasteiger partial charge in [0.2, 0.25) is 0 Å². The van der Waals surface area contributed by atoms with E-state index in [0.717, 1.165) is 37.3 Å². The molecule has 7 nitrogen and oxygen atoms in total. The van der Waals surface area contributed by atoms with E-state index >= 15 is 0 Å². The van der Waals surface area contributed by atoms with Crippen LogP contribution in [-0.4, -0.2) is 35.6 Å². The van der Waals surface area contributed by atoms with Gasteiger partial charge in [-0.15, -0.1) is 0 Å². The predicted molar refractivity (Wildman–Crippen MR) is 105 cm³/mol. The third kappa shape index (κ3) is 2.82. The number of aromatic nitrogens is 2. The molecular weight excluding hydrogens is 344 g/mol. The zero-order valence-corrected chi connectivity index (χ0v) is 14.6. The first kappa shape index (κ1) is 15.9. The molecule has 0 amide bonds. The molecule has 1 fully saturated rings. The number of nitrogens with zero attached hydrogens (tertiary/aromatic N) is 2. The summed E-state index contributed by atoms with van der Waals surface area (Å²) in [6.07, 6.45) is 3.45. The quantitative estimate of drug-likeness (QED) is 0.532. The maximum Gasteiger partial charge on any atom is 0.345 e. The maximum atomic E-state index is 12.6. The second-order valence-electron chi connectivity index (χ2n) is 6.73. The van der Waals surface area contributed by atoms with Crippen molar-refractivity contribution in [3.63, 3.8) is 0 Å². The van der Waals surface area contributed by atoms with E-state index in [-0.39, 0.29) is 5.43 Å². The van der Waals surface area contributed by atoms with Gasteiger partial charge in [0.1, 0.15) is 11.2 Å². The van der Waals surface area contributed by atoms with Gasteiger partial charge in [0.15, 0.2) is 5.43 Å². The average Bonchev–Trinajstić information content (AvgIpc) is 3.10. The van der Waals surface area contributed by atoms with Crippen LogP contribution in [0.4, 0.5) is 5.69 Å². The van der Waals surface area contributed by atoms with E-state index in [1.54, 1.807) is 16.8 Å². The van der Waals surface area contributed by atoms with E-state index < -0.39 is 5.63 Å². The number of anilines is 1. The summed E-state index contributed by atoms with van der Waals surface area (Å²) in [4.78, 5) is 29.5. The fraction of sp³-hybridized carbons (Fsp3) is 0.200. The number of fused-ring (bicyclic) bond motifs is 2. The summed E-state index contributed by atoms with van der Waals surface area (Å²) in [5.74, 6) is 0. The molecular formula is C20H18N4O3. The molecule has 1 aliphatic heterocycles. The Kier molecular flexibility index (Phi) is 3.61. The number of hydrogen-bond donors (Lipinski definition) is 2. The van der Waals surface area contributed by atoms with Crippen molar-refractivity contribution in [2.75, 3.05) is 31.1 Å².